The summed E-state index contributed by atoms with van der Waals surface area (Å²) in [5, 5.41) is 17.7. The molecule has 0 bridgehead atoms. The van der Waals surface area contributed by atoms with Gasteiger partial charge in [0, 0.05) is 35.4 Å². The Labute approximate surface area is 225 Å². The lowest BCUT2D eigenvalue weighted by molar-refractivity contribution is -0.181. The minimum atomic E-state index is -3.32. The van der Waals surface area contributed by atoms with Crippen LogP contribution in [0.15, 0.2) is 41.0 Å². The van der Waals surface area contributed by atoms with Crippen LogP contribution in [-0.2, 0) is 19.1 Å². The van der Waals surface area contributed by atoms with Gasteiger partial charge in [0.05, 0.1) is 24.8 Å². The summed E-state index contributed by atoms with van der Waals surface area (Å²) >= 11 is 7.72. The van der Waals surface area contributed by atoms with Gasteiger partial charge in [-0.3, -0.25) is 10.2 Å². The van der Waals surface area contributed by atoms with Gasteiger partial charge in [-0.2, -0.15) is 0 Å². The van der Waals surface area contributed by atoms with Crippen LogP contribution in [-0.4, -0.2) is 71.8 Å². The number of halogens is 4. The number of nitrogens with zero attached hydrogens (tertiary/aromatic N) is 2. The predicted molar refractivity (Wildman–Crippen MR) is 132 cm³/mol. The molecule has 2 aliphatic rings. The summed E-state index contributed by atoms with van der Waals surface area (Å²) in [5.41, 5.74) is 0.858. The van der Waals surface area contributed by atoms with E-state index in [2.05, 4.69) is 15.6 Å². The normalized spacial score (nSPS) is 23.7. The van der Waals surface area contributed by atoms with Crippen LogP contribution in [0, 0.1) is 5.82 Å². The predicted octanol–water partition coefficient (Wildman–Crippen LogP) is 3.50. The molecule has 2 aromatic rings. The number of thiazole rings is 1. The van der Waals surface area contributed by atoms with E-state index >= 15 is 0 Å². The van der Waals surface area contributed by atoms with Crippen molar-refractivity contribution < 1.29 is 37.3 Å². The van der Waals surface area contributed by atoms with Gasteiger partial charge in [-0.05, 0) is 31.0 Å². The van der Waals surface area contributed by atoms with E-state index in [-0.39, 0.29) is 36.7 Å². The van der Waals surface area contributed by atoms with Crippen molar-refractivity contribution in [1.29, 1.82) is 0 Å². The van der Waals surface area contributed by atoms with E-state index < -0.39 is 55.1 Å². The molecule has 0 spiro atoms. The highest BCUT2D eigenvalue weighted by molar-refractivity contribution is 7.09. The van der Waals surface area contributed by atoms with E-state index in [1.165, 1.54) is 28.4 Å². The number of nitrogens with one attached hydrogen (secondary N) is 2. The second-order valence-corrected chi connectivity index (χ2v) is 10.1. The Morgan fingerprint density at radius 2 is 2.16 bits per heavy atom. The third-order valence-corrected chi connectivity index (χ3v) is 7.30. The topological polar surface area (TPSA) is 113 Å². The van der Waals surface area contributed by atoms with Crippen molar-refractivity contribution in [3.63, 3.8) is 0 Å². The zero-order valence-electron chi connectivity index (χ0n) is 20.3. The van der Waals surface area contributed by atoms with Crippen LogP contribution in [0.5, 0.6) is 0 Å². The van der Waals surface area contributed by atoms with Gasteiger partial charge in [0.1, 0.15) is 29.7 Å². The highest BCUT2D eigenvalue weighted by Gasteiger charge is 2.46. The number of aromatic nitrogens is 1. The SMILES string of the molecule is CCOC(=O)C1=C(CN2CCC(OCC(=O)O)C(F)(F)C2)NC(c2nccs2)NC1c1ccc(F)cc1Cl. The van der Waals surface area contributed by atoms with Crippen LogP contribution in [0.4, 0.5) is 13.2 Å². The molecule has 0 amide bonds. The maximum Gasteiger partial charge on any atom is 0.337 e. The van der Waals surface area contributed by atoms with Crippen molar-refractivity contribution in [1.82, 2.24) is 20.5 Å². The number of rotatable bonds is 9. The summed E-state index contributed by atoms with van der Waals surface area (Å²) in [6.45, 7) is 0.270. The van der Waals surface area contributed by atoms with E-state index in [1.54, 1.807) is 18.5 Å². The molecule has 206 valence electrons. The Morgan fingerprint density at radius 3 is 2.79 bits per heavy atom. The number of carboxylic acid groups (broad SMARTS) is 1. The zero-order valence-corrected chi connectivity index (χ0v) is 21.8. The molecule has 38 heavy (non-hydrogen) atoms. The smallest absolute Gasteiger partial charge is 0.337 e. The molecule has 14 heteroatoms. The van der Waals surface area contributed by atoms with Crippen LogP contribution in [0.3, 0.4) is 0 Å². The summed E-state index contributed by atoms with van der Waals surface area (Å²) in [5.74, 6) is -5.89. The van der Waals surface area contributed by atoms with E-state index in [4.69, 9.17) is 26.2 Å². The Bertz CT molecular complexity index is 1200. The molecular formula is C24H26ClF3N4O5S. The molecule has 0 saturated carbocycles. The summed E-state index contributed by atoms with van der Waals surface area (Å²) in [7, 11) is 0. The molecule has 3 heterocycles. The lowest BCUT2D eigenvalue weighted by Crippen LogP contribution is -2.55. The Hall–Kier alpha value is -2.71. The molecule has 1 aromatic heterocycles. The average Bonchev–Trinajstić information content (AvgIpc) is 3.38. The molecule has 0 radical (unpaired) electrons. The second kappa shape index (κ2) is 12.0. The van der Waals surface area contributed by atoms with Crippen molar-refractivity contribution >= 4 is 34.9 Å². The van der Waals surface area contributed by atoms with Crippen LogP contribution in [0.2, 0.25) is 5.02 Å². The fourth-order valence-corrected chi connectivity index (χ4v) is 5.44. The third kappa shape index (κ3) is 6.46. The van der Waals surface area contributed by atoms with Crippen LogP contribution in [0.25, 0.3) is 0 Å². The number of alkyl halides is 2. The number of carbonyl (C=O) groups is 2. The Balaban J connectivity index is 1.69. The number of hydrogen-bond acceptors (Lipinski definition) is 9. The van der Waals surface area contributed by atoms with Gasteiger partial charge in [0.2, 0.25) is 0 Å². The molecule has 1 aromatic carbocycles. The molecule has 3 unspecified atom stereocenters. The fraction of sp³-hybridized carbons (Fsp3) is 0.458. The van der Waals surface area contributed by atoms with Crippen molar-refractivity contribution in [3.8, 4) is 0 Å². The van der Waals surface area contributed by atoms with Crippen LogP contribution >= 0.6 is 22.9 Å². The lowest BCUT2D eigenvalue weighted by Gasteiger charge is -2.41. The van der Waals surface area contributed by atoms with Gasteiger partial charge >= 0.3 is 11.9 Å². The van der Waals surface area contributed by atoms with Crippen molar-refractivity contribution in [2.24, 2.45) is 0 Å². The first-order valence-corrected chi connectivity index (χ1v) is 13.1. The first-order chi connectivity index (χ1) is 18.1. The molecule has 1 saturated heterocycles. The number of esters is 1. The van der Waals surface area contributed by atoms with Crippen molar-refractivity contribution in [2.45, 2.75) is 37.6 Å². The molecule has 3 atom stereocenters. The van der Waals surface area contributed by atoms with Crippen molar-refractivity contribution in [2.75, 3.05) is 32.8 Å². The Kier molecular flexibility index (Phi) is 8.93. The van der Waals surface area contributed by atoms with E-state index in [0.717, 1.165) is 6.07 Å². The second-order valence-electron chi connectivity index (χ2n) is 8.78. The molecule has 1 fully saturated rings. The van der Waals surface area contributed by atoms with Gasteiger partial charge < -0.3 is 19.9 Å². The molecule has 2 aliphatic heterocycles. The number of piperidine rings is 1. The molecule has 9 nitrogen and oxygen atoms in total. The average molecular weight is 575 g/mol. The quantitative estimate of drug-likeness (QED) is 0.387. The summed E-state index contributed by atoms with van der Waals surface area (Å²) < 4.78 is 53.8. The fourth-order valence-electron chi connectivity index (χ4n) is 4.52. The van der Waals surface area contributed by atoms with Crippen LogP contribution < -0.4 is 10.6 Å². The maximum atomic E-state index is 14.9. The number of carbonyl (C=O) groups excluding carboxylic acids is 1. The van der Waals surface area contributed by atoms with Gasteiger partial charge in [-0.25, -0.2) is 27.7 Å². The van der Waals surface area contributed by atoms with Gasteiger partial charge in [-0.1, -0.05) is 17.7 Å². The number of ether oxygens (including phenoxy) is 2. The summed E-state index contributed by atoms with van der Waals surface area (Å²) in [4.78, 5) is 29.8. The number of hydrogen-bond donors (Lipinski definition) is 3. The van der Waals surface area contributed by atoms with Crippen LogP contribution in [0.1, 0.15) is 36.1 Å². The first-order valence-electron chi connectivity index (χ1n) is 11.8. The summed E-state index contributed by atoms with van der Waals surface area (Å²) in [6.07, 6.45) is -0.644. The molecule has 3 N–H and O–H groups in total. The van der Waals surface area contributed by atoms with E-state index in [0.29, 0.717) is 16.3 Å². The van der Waals surface area contributed by atoms with E-state index in [1.807, 2.05) is 0 Å². The number of aliphatic carboxylic acids is 1. The lowest BCUT2D eigenvalue weighted by atomic mass is 9.93. The number of benzene rings is 1. The standard InChI is InChI=1S/C24H26ClF3N4O5S/c1-2-36-23(35)19-16(10-32-7-5-17(24(27,28)12-32)37-11-18(33)34)30-21(22-29-6-8-38-22)31-20(19)14-4-3-13(26)9-15(14)25/h3-4,6,8-9,17,20-21,30-31H,2,5,7,10-12H2,1H3,(H,33,34). The zero-order chi connectivity index (χ0) is 27.4. The van der Waals surface area contributed by atoms with Gasteiger partial charge in [0.15, 0.2) is 0 Å². The van der Waals surface area contributed by atoms with Gasteiger partial charge in [-0.15, -0.1) is 11.3 Å². The minimum absolute atomic E-state index is 0.0692. The highest BCUT2D eigenvalue weighted by Crippen LogP contribution is 2.37. The molecule has 0 aliphatic carbocycles. The number of carboxylic acids is 1. The monoisotopic (exact) mass is 574 g/mol. The minimum Gasteiger partial charge on any atom is -0.480 e. The van der Waals surface area contributed by atoms with Crippen molar-refractivity contribution in [3.05, 3.63) is 62.5 Å². The van der Waals surface area contributed by atoms with Gasteiger partial charge in [0.25, 0.3) is 5.92 Å². The van der Waals surface area contributed by atoms with E-state index in [9.17, 15) is 22.8 Å². The third-order valence-electron chi connectivity index (χ3n) is 6.14. The highest BCUT2D eigenvalue weighted by atomic mass is 35.5. The maximum absolute atomic E-state index is 14.9. The first kappa shape index (κ1) is 28.3. The largest absolute Gasteiger partial charge is 0.480 e. The Morgan fingerprint density at radius 1 is 1.37 bits per heavy atom. The summed E-state index contributed by atoms with van der Waals surface area (Å²) in [6, 6.07) is 2.94. The molecular weight excluding hydrogens is 549 g/mol. The molecule has 4 rings (SSSR count). The number of likely N-dealkylation sites (tertiary alicyclic amines) is 1.